The van der Waals surface area contributed by atoms with Crippen LogP contribution in [-0.4, -0.2) is 36.6 Å². The summed E-state index contributed by atoms with van der Waals surface area (Å²) in [5.74, 6) is 0.959. The molecule has 1 saturated heterocycles. The third kappa shape index (κ3) is 4.55. The highest BCUT2D eigenvalue weighted by atomic mass is 15.2. The van der Waals surface area contributed by atoms with E-state index in [1.807, 2.05) is 0 Å². The first kappa shape index (κ1) is 14.3. The minimum absolute atomic E-state index is 0.818. The van der Waals surface area contributed by atoms with E-state index in [0.29, 0.717) is 0 Å². The van der Waals surface area contributed by atoms with Gasteiger partial charge in [0.25, 0.3) is 0 Å². The van der Waals surface area contributed by atoms with Crippen molar-refractivity contribution in [2.24, 2.45) is 5.92 Å². The fourth-order valence-electron chi connectivity index (χ4n) is 3.31. The number of nitrogens with one attached hydrogen (secondary N) is 1. The van der Waals surface area contributed by atoms with Crippen molar-refractivity contribution in [3.63, 3.8) is 0 Å². The van der Waals surface area contributed by atoms with Crippen LogP contribution in [0.5, 0.6) is 0 Å². The molecular weight excluding hydrogens is 220 g/mol. The van der Waals surface area contributed by atoms with Crippen LogP contribution in [0.4, 0.5) is 0 Å². The van der Waals surface area contributed by atoms with Gasteiger partial charge in [0.2, 0.25) is 0 Å². The van der Waals surface area contributed by atoms with Crippen molar-refractivity contribution in [3.8, 4) is 0 Å². The average Bonchev–Trinajstić information content (AvgIpc) is 3.21. The molecule has 2 nitrogen and oxygen atoms in total. The minimum Gasteiger partial charge on any atom is -0.317 e. The molecule has 0 amide bonds. The van der Waals surface area contributed by atoms with Gasteiger partial charge in [-0.15, -0.1) is 0 Å². The summed E-state index contributed by atoms with van der Waals surface area (Å²) in [4.78, 5) is 2.85. The number of rotatable bonds is 8. The van der Waals surface area contributed by atoms with E-state index >= 15 is 0 Å². The fourth-order valence-corrected chi connectivity index (χ4v) is 3.31. The van der Waals surface area contributed by atoms with Crippen LogP contribution in [0.2, 0.25) is 0 Å². The lowest BCUT2D eigenvalue weighted by molar-refractivity contribution is 0.143. The molecule has 1 unspecified atom stereocenters. The van der Waals surface area contributed by atoms with Crippen molar-refractivity contribution in [3.05, 3.63) is 0 Å². The van der Waals surface area contributed by atoms with Gasteiger partial charge in [0.05, 0.1) is 0 Å². The van der Waals surface area contributed by atoms with Crippen LogP contribution in [0.25, 0.3) is 0 Å². The Bertz CT molecular complexity index is 219. The molecular formula is C16H32N2. The van der Waals surface area contributed by atoms with Gasteiger partial charge >= 0.3 is 0 Å². The highest BCUT2D eigenvalue weighted by Gasteiger charge is 2.33. The Balaban J connectivity index is 1.75. The second-order valence-corrected chi connectivity index (χ2v) is 6.47. The summed E-state index contributed by atoms with van der Waals surface area (Å²) in [6.07, 6.45) is 11.3. The Hall–Kier alpha value is -0.0800. The number of hydrogen-bond acceptors (Lipinski definition) is 2. The number of nitrogens with zero attached hydrogens (tertiary/aromatic N) is 1. The molecule has 0 radical (unpaired) electrons. The Morgan fingerprint density at radius 1 is 1.11 bits per heavy atom. The van der Waals surface area contributed by atoms with Gasteiger partial charge in [0.15, 0.2) is 0 Å². The summed E-state index contributed by atoms with van der Waals surface area (Å²) in [6, 6.07) is 1.76. The maximum Gasteiger partial charge on any atom is 0.00993 e. The van der Waals surface area contributed by atoms with E-state index in [1.165, 1.54) is 71.0 Å². The maximum atomic E-state index is 3.49. The standard InChI is InChI=1S/C16H32N2/c1-3-4-5-6-14(2)18(16-7-8-16)13-15-9-11-17-12-10-15/h14-17H,3-13H2,1-2H3. The Labute approximate surface area is 114 Å². The summed E-state index contributed by atoms with van der Waals surface area (Å²) < 4.78 is 0. The lowest BCUT2D eigenvalue weighted by Gasteiger charge is -2.34. The molecule has 0 spiro atoms. The molecule has 0 aromatic rings. The molecule has 18 heavy (non-hydrogen) atoms. The van der Waals surface area contributed by atoms with Gasteiger partial charge in [0.1, 0.15) is 0 Å². The zero-order chi connectivity index (χ0) is 12.8. The van der Waals surface area contributed by atoms with Gasteiger partial charge < -0.3 is 5.32 Å². The quantitative estimate of drug-likeness (QED) is 0.666. The van der Waals surface area contributed by atoms with Crippen molar-refractivity contribution >= 4 is 0 Å². The molecule has 0 aromatic heterocycles. The summed E-state index contributed by atoms with van der Waals surface area (Å²) >= 11 is 0. The van der Waals surface area contributed by atoms with Gasteiger partial charge in [0, 0.05) is 18.6 Å². The topological polar surface area (TPSA) is 15.3 Å². The molecule has 1 atom stereocenters. The minimum atomic E-state index is 0.818. The molecule has 1 aliphatic heterocycles. The van der Waals surface area contributed by atoms with Crippen molar-refractivity contribution < 1.29 is 0 Å². The summed E-state index contributed by atoms with van der Waals surface area (Å²) in [6.45, 7) is 8.63. The Kier molecular flexibility index (Phi) is 5.97. The lowest BCUT2D eigenvalue weighted by atomic mass is 9.96. The molecule has 2 fully saturated rings. The lowest BCUT2D eigenvalue weighted by Crippen LogP contribution is -2.41. The SMILES string of the molecule is CCCCCC(C)N(CC1CCNCC1)C1CC1. The zero-order valence-corrected chi connectivity index (χ0v) is 12.5. The van der Waals surface area contributed by atoms with Crippen molar-refractivity contribution in [2.45, 2.75) is 77.3 Å². The molecule has 0 aromatic carbocycles. The highest BCUT2D eigenvalue weighted by Crippen LogP contribution is 2.31. The van der Waals surface area contributed by atoms with Crippen LogP contribution in [0.3, 0.4) is 0 Å². The van der Waals surface area contributed by atoms with Crippen LogP contribution in [-0.2, 0) is 0 Å². The molecule has 1 aliphatic carbocycles. The van der Waals surface area contributed by atoms with Gasteiger partial charge in [-0.1, -0.05) is 26.2 Å². The molecule has 0 bridgehead atoms. The van der Waals surface area contributed by atoms with Crippen LogP contribution >= 0.6 is 0 Å². The molecule has 2 heteroatoms. The number of hydrogen-bond donors (Lipinski definition) is 1. The van der Waals surface area contributed by atoms with E-state index in [-0.39, 0.29) is 0 Å². The van der Waals surface area contributed by atoms with E-state index in [2.05, 4.69) is 24.1 Å². The number of piperidine rings is 1. The average molecular weight is 252 g/mol. The predicted molar refractivity (Wildman–Crippen MR) is 78.9 cm³/mol. The zero-order valence-electron chi connectivity index (χ0n) is 12.5. The first-order valence-corrected chi connectivity index (χ1v) is 8.27. The first-order chi connectivity index (χ1) is 8.81. The largest absolute Gasteiger partial charge is 0.317 e. The smallest absolute Gasteiger partial charge is 0.00993 e. The summed E-state index contributed by atoms with van der Waals surface area (Å²) in [7, 11) is 0. The number of unbranched alkanes of at least 4 members (excludes halogenated alkanes) is 2. The monoisotopic (exact) mass is 252 g/mol. The van der Waals surface area contributed by atoms with Gasteiger partial charge in [-0.3, -0.25) is 4.90 Å². The normalized spacial score (nSPS) is 23.5. The molecule has 2 aliphatic rings. The fraction of sp³-hybridized carbons (Fsp3) is 1.00. The first-order valence-electron chi connectivity index (χ1n) is 8.27. The van der Waals surface area contributed by atoms with Gasteiger partial charge in [-0.25, -0.2) is 0 Å². The van der Waals surface area contributed by atoms with Crippen LogP contribution in [0.1, 0.15) is 65.2 Å². The van der Waals surface area contributed by atoms with Crippen molar-refractivity contribution in [1.82, 2.24) is 10.2 Å². The third-order valence-corrected chi connectivity index (χ3v) is 4.74. The second-order valence-electron chi connectivity index (χ2n) is 6.47. The van der Waals surface area contributed by atoms with E-state index in [4.69, 9.17) is 0 Å². The molecule has 1 N–H and O–H groups in total. The van der Waals surface area contributed by atoms with Crippen molar-refractivity contribution in [2.75, 3.05) is 19.6 Å². The molecule has 106 valence electrons. The highest BCUT2D eigenvalue weighted by molar-refractivity contribution is 4.89. The third-order valence-electron chi connectivity index (χ3n) is 4.74. The van der Waals surface area contributed by atoms with E-state index in [1.54, 1.807) is 0 Å². The summed E-state index contributed by atoms with van der Waals surface area (Å²) in [5, 5.41) is 3.49. The molecule has 1 heterocycles. The molecule has 2 rings (SSSR count). The van der Waals surface area contributed by atoms with Crippen LogP contribution in [0, 0.1) is 5.92 Å². The van der Waals surface area contributed by atoms with E-state index in [9.17, 15) is 0 Å². The summed E-state index contributed by atoms with van der Waals surface area (Å²) in [5.41, 5.74) is 0. The predicted octanol–water partition coefficient (Wildman–Crippen LogP) is 3.42. The van der Waals surface area contributed by atoms with Crippen LogP contribution in [0.15, 0.2) is 0 Å². The Morgan fingerprint density at radius 2 is 1.83 bits per heavy atom. The van der Waals surface area contributed by atoms with Gasteiger partial charge in [-0.2, -0.15) is 0 Å². The Morgan fingerprint density at radius 3 is 2.44 bits per heavy atom. The maximum absolute atomic E-state index is 3.49. The van der Waals surface area contributed by atoms with Gasteiger partial charge in [-0.05, 0) is 58.0 Å². The second kappa shape index (κ2) is 7.49. The van der Waals surface area contributed by atoms with Crippen molar-refractivity contribution in [1.29, 1.82) is 0 Å². The van der Waals surface area contributed by atoms with E-state index < -0.39 is 0 Å². The molecule has 1 saturated carbocycles. The van der Waals surface area contributed by atoms with E-state index in [0.717, 1.165) is 18.0 Å². The van der Waals surface area contributed by atoms with Crippen LogP contribution < -0.4 is 5.32 Å².